The van der Waals surface area contributed by atoms with Crippen molar-refractivity contribution in [1.29, 1.82) is 0 Å². The largest absolute Gasteiger partial charge is 0.424 e. The number of carbonyl (C=O) groups is 1. The average Bonchev–Trinajstić information content (AvgIpc) is 2.41. The molecule has 4 nitrogen and oxygen atoms in total. The number of aromatic nitrogens is 2. The second kappa shape index (κ2) is 5.93. The van der Waals surface area contributed by atoms with Crippen molar-refractivity contribution in [2.45, 2.75) is 19.8 Å². The van der Waals surface area contributed by atoms with Gasteiger partial charge in [0.15, 0.2) is 6.29 Å². The average molecular weight is 321 g/mol. The molecule has 1 aromatic carbocycles. The summed E-state index contributed by atoms with van der Waals surface area (Å²) in [5.41, 5.74) is 1.49. The lowest BCUT2D eigenvalue weighted by atomic mass is 10.0. The van der Waals surface area contributed by atoms with Crippen molar-refractivity contribution in [1.82, 2.24) is 9.97 Å². The van der Waals surface area contributed by atoms with Gasteiger partial charge in [0.2, 0.25) is 0 Å². The van der Waals surface area contributed by atoms with E-state index in [0.29, 0.717) is 17.8 Å². The second-order valence-corrected chi connectivity index (χ2v) is 5.27. The van der Waals surface area contributed by atoms with Crippen molar-refractivity contribution in [3.63, 3.8) is 0 Å². The molecule has 0 aliphatic rings. The highest BCUT2D eigenvalue weighted by Gasteiger charge is 2.10. The molecule has 0 saturated heterocycles. The summed E-state index contributed by atoms with van der Waals surface area (Å²) in [5.74, 6) is 1.04. The van der Waals surface area contributed by atoms with Gasteiger partial charge in [-0.05, 0) is 29.7 Å². The van der Waals surface area contributed by atoms with Crippen LogP contribution in [0.25, 0.3) is 0 Å². The van der Waals surface area contributed by atoms with Crippen molar-refractivity contribution in [2.75, 3.05) is 0 Å². The second-order valence-electron chi connectivity index (χ2n) is 4.36. The SMILES string of the molecule is CC(C)c1cc(Br)ccc1Oc1ncc(C=O)cn1. The van der Waals surface area contributed by atoms with Crippen LogP contribution in [0.1, 0.15) is 35.7 Å². The van der Waals surface area contributed by atoms with Gasteiger partial charge in [0.25, 0.3) is 0 Å². The van der Waals surface area contributed by atoms with Gasteiger partial charge in [-0.3, -0.25) is 4.79 Å². The van der Waals surface area contributed by atoms with Gasteiger partial charge in [0.1, 0.15) is 5.75 Å². The number of nitrogens with zero attached hydrogens (tertiary/aromatic N) is 2. The van der Waals surface area contributed by atoms with Crippen molar-refractivity contribution in [3.8, 4) is 11.8 Å². The van der Waals surface area contributed by atoms with E-state index in [1.165, 1.54) is 12.4 Å². The van der Waals surface area contributed by atoms with Crippen LogP contribution in [0, 0.1) is 0 Å². The fourth-order valence-electron chi connectivity index (χ4n) is 1.60. The summed E-state index contributed by atoms with van der Waals surface area (Å²) >= 11 is 3.44. The number of hydrogen-bond donors (Lipinski definition) is 0. The predicted octanol–water partition coefficient (Wildman–Crippen LogP) is 3.97. The van der Waals surface area contributed by atoms with Crippen LogP contribution in [0.5, 0.6) is 11.8 Å². The van der Waals surface area contributed by atoms with Crippen LogP contribution in [-0.4, -0.2) is 16.3 Å². The van der Waals surface area contributed by atoms with Crippen LogP contribution in [-0.2, 0) is 0 Å². The van der Waals surface area contributed by atoms with E-state index in [1.54, 1.807) is 0 Å². The molecule has 2 aromatic rings. The van der Waals surface area contributed by atoms with E-state index in [4.69, 9.17) is 4.74 Å². The molecule has 5 heteroatoms. The first-order valence-electron chi connectivity index (χ1n) is 5.84. The minimum absolute atomic E-state index is 0.231. The Hall–Kier alpha value is -1.75. The Bertz CT molecular complexity index is 582. The van der Waals surface area contributed by atoms with Gasteiger partial charge in [0.05, 0.1) is 5.56 Å². The Labute approximate surface area is 120 Å². The van der Waals surface area contributed by atoms with Gasteiger partial charge in [-0.25, -0.2) is 9.97 Å². The van der Waals surface area contributed by atoms with Crippen molar-refractivity contribution < 1.29 is 9.53 Å². The maximum atomic E-state index is 10.5. The fourth-order valence-corrected chi connectivity index (χ4v) is 1.98. The number of carbonyl (C=O) groups excluding carboxylic acids is 1. The minimum Gasteiger partial charge on any atom is -0.424 e. The fraction of sp³-hybridized carbons (Fsp3) is 0.214. The first-order chi connectivity index (χ1) is 9.10. The van der Waals surface area contributed by atoms with E-state index in [9.17, 15) is 4.79 Å². The van der Waals surface area contributed by atoms with Gasteiger partial charge in [-0.2, -0.15) is 0 Å². The molecule has 0 spiro atoms. The Balaban J connectivity index is 2.29. The standard InChI is InChI=1S/C14H13BrN2O2/c1-9(2)12-5-11(15)3-4-13(12)19-14-16-6-10(8-18)7-17-14/h3-9H,1-2H3. The van der Waals surface area contributed by atoms with E-state index in [0.717, 1.165) is 15.8 Å². The summed E-state index contributed by atoms with van der Waals surface area (Å²) in [6.07, 6.45) is 3.56. The van der Waals surface area contributed by atoms with E-state index in [-0.39, 0.29) is 6.01 Å². The zero-order valence-corrected chi connectivity index (χ0v) is 12.2. The molecular formula is C14H13BrN2O2. The van der Waals surface area contributed by atoms with Gasteiger partial charge in [-0.15, -0.1) is 0 Å². The lowest BCUT2D eigenvalue weighted by Gasteiger charge is -2.13. The van der Waals surface area contributed by atoms with Crippen LogP contribution in [0.2, 0.25) is 0 Å². The summed E-state index contributed by atoms with van der Waals surface area (Å²) in [6, 6.07) is 6.02. The zero-order valence-electron chi connectivity index (χ0n) is 10.6. The van der Waals surface area contributed by atoms with E-state index < -0.39 is 0 Å². The molecule has 0 unspecified atom stereocenters. The van der Waals surface area contributed by atoms with Gasteiger partial charge >= 0.3 is 6.01 Å². The number of hydrogen-bond acceptors (Lipinski definition) is 4. The minimum atomic E-state index is 0.231. The van der Waals surface area contributed by atoms with Crippen molar-refractivity contribution in [2.24, 2.45) is 0 Å². The first-order valence-corrected chi connectivity index (χ1v) is 6.64. The molecule has 0 aliphatic carbocycles. The molecule has 0 radical (unpaired) electrons. The quantitative estimate of drug-likeness (QED) is 0.800. The number of rotatable bonds is 4. The summed E-state index contributed by atoms with van der Waals surface area (Å²) in [6.45, 7) is 4.18. The summed E-state index contributed by atoms with van der Waals surface area (Å²) in [4.78, 5) is 18.5. The van der Waals surface area contributed by atoms with Crippen LogP contribution in [0.3, 0.4) is 0 Å². The van der Waals surface area contributed by atoms with E-state index in [1.807, 2.05) is 18.2 Å². The molecule has 1 heterocycles. The predicted molar refractivity (Wildman–Crippen MR) is 75.7 cm³/mol. The zero-order chi connectivity index (χ0) is 13.8. The van der Waals surface area contributed by atoms with Crippen molar-refractivity contribution in [3.05, 3.63) is 46.2 Å². The third-order valence-corrected chi connectivity index (χ3v) is 3.07. The smallest absolute Gasteiger partial charge is 0.321 e. The van der Waals surface area contributed by atoms with Crippen molar-refractivity contribution >= 4 is 22.2 Å². The molecule has 98 valence electrons. The highest BCUT2D eigenvalue weighted by atomic mass is 79.9. The normalized spacial score (nSPS) is 10.5. The van der Waals surface area contributed by atoms with Crippen LogP contribution in [0.4, 0.5) is 0 Å². The highest BCUT2D eigenvalue weighted by molar-refractivity contribution is 9.10. The maximum absolute atomic E-state index is 10.5. The molecule has 2 rings (SSSR count). The monoisotopic (exact) mass is 320 g/mol. The number of benzene rings is 1. The maximum Gasteiger partial charge on any atom is 0.321 e. The molecule has 0 saturated carbocycles. The number of aldehydes is 1. The summed E-state index contributed by atoms with van der Waals surface area (Å²) < 4.78 is 6.67. The Morgan fingerprint density at radius 3 is 2.53 bits per heavy atom. The van der Waals surface area contributed by atoms with Gasteiger partial charge in [-0.1, -0.05) is 29.8 Å². The molecule has 0 bridgehead atoms. The third-order valence-electron chi connectivity index (χ3n) is 2.58. The molecule has 0 aliphatic heterocycles. The Kier molecular flexibility index (Phi) is 4.27. The molecular weight excluding hydrogens is 308 g/mol. The first kappa shape index (κ1) is 13.7. The number of ether oxygens (including phenoxy) is 1. The molecule has 0 fully saturated rings. The van der Waals surface area contributed by atoms with E-state index >= 15 is 0 Å². The summed E-state index contributed by atoms with van der Waals surface area (Å²) in [7, 11) is 0. The Morgan fingerprint density at radius 1 is 1.26 bits per heavy atom. The highest BCUT2D eigenvalue weighted by Crippen LogP contribution is 2.31. The van der Waals surface area contributed by atoms with Crippen LogP contribution in [0.15, 0.2) is 35.1 Å². The van der Waals surface area contributed by atoms with Crippen LogP contribution >= 0.6 is 15.9 Å². The van der Waals surface area contributed by atoms with Crippen LogP contribution < -0.4 is 4.74 Å². The lowest BCUT2D eigenvalue weighted by Crippen LogP contribution is -1.97. The molecule has 0 amide bonds. The lowest BCUT2D eigenvalue weighted by molar-refractivity contribution is 0.112. The van der Waals surface area contributed by atoms with Gasteiger partial charge in [0, 0.05) is 16.9 Å². The topological polar surface area (TPSA) is 52.1 Å². The molecule has 0 atom stereocenters. The van der Waals surface area contributed by atoms with E-state index in [2.05, 4.69) is 39.7 Å². The molecule has 0 N–H and O–H groups in total. The Morgan fingerprint density at radius 2 is 1.95 bits per heavy atom. The number of halogens is 1. The summed E-state index contributed by atoms with van der Waals surface area (Å²) in [5, 5.41) is 0. The van der Waals surface area contributed by atoms with Gasteiger partial charge < -0.3 is 4.74 Å². The molecule has 19 heavy (non-hydrogen) atoms. The molecule has 1 aromatic heterocycles. The third kappa shape index (κ3) is 3.38.